The van der Waals surface area contributed by atoms with Gasteiger partial charge in [-0.05, 0) is 62.6 Å². The number of hydrogen-bond acceptors (Lipinski definition) is 5. The van der Waals surface area contributed by atoms with Crippen molar-refractivity contribution < 1.29 is 5.11 Å². The van der Waals surface area contributed by atoms with Crippen LogP contribution < -0.4 is 10.2 Å². The molecule has 0 atom stereocenters. The van der Waals surface area contributed by atoms with Crippen LogP contribution in [0.15, 0.2) is 24.3 Å². The Bertz CT molecular complexity index is 894. The van der Waals surface area contributed by atoms with Crippen LogP contribution in [0, 0.1) is 0 Å². The van der Waals surface area contributed by atoms with Gasteiger partial charge in [0.05, 0.1) is 5.60 Å². The van der Waals surface area contributed by atoms with E-state index >= 15 is 0 Å². The predicted molar refractivity (Wildman–Crippen MR) is 116 cm³/mol. The van der Waals surface area contributed by atoms with Crippen molar-refractivity contribution in [3.8, 4) is 0 Å². The lowest BCUT2D eigenvalue weighted by molar-refractivity contribution is 0.0785. The molecule has 5 nitrogen and oxygen atoms in total. The highest BCUT2D eigenvalue weighted by molar-refractivity contribution is 5.53. The molecule has 154 valence electrons. The van der Waals surface area contributed by atoms with Crippen LogP contribution in [0.1, 0.15) is 80.8 Å². The lowest BCUT2D eigenvalue weighted by atomic mass is 9.91. The van der Waals surface area contributed by atoms with Gasteiger partial charge in [-0.25, -0.2) is 9.97 Å². The fourth-order valence-corrected chi connectivity index (χ4v) is 4.62. The lowest BCUT2D eigenvalue weighted by Crippen LogP contribution is -2.32. The Morgan fingerprint density at radius 1 is 1.03 bits per heavy atom. The molecule has 2 heterocycles. The van der Waals surface area contributed by atoms with Gasteiger partial charge in [-0.3, -0.25) is 0 Å². The zero-order chi connectivity index (χ0) is 20.0. The van der Waals surface area contributed by atoms with Crippen LogP contribution >= 0.6 is 0 Å². The van der Waals surface area contributed by atoms with Crippen LogP contribution in [-0.2, 0) is 18.6 Å². The molecule has 0 saturated heterocycles. The molecule has 0 spiro atoms. The normalized spacial score (nSPS) is 20.0. The van der Waals surface area contributed by atoms with Crippen molar-refractivity contribution in [2.24, 2.45) is 0 Å². The van der Waals surface area contributed by atoms with Crippen molar-refractivity contribution in [1.82, 2.24) is 9.97 Å². The third-order valence-electron chi connectivity index (χ3n) is 6.63. The molecule has 0 unspecified atom stereocenters. The first-order valence-corrected chi connectivity index (χ1v) is 11.2. The molecule has 3 aliphatic rings. The summed E-state index contributed by atoms with van der Waals surface area (Å²) in [7, 11) is 0. The number of rotatable bonds is 5. The molecular weight excluding hydrogens is 360 g/mol. The first-order valence-electron chi connectivity index (χ1n) is 11.2. The molecule has 0 bridgehead atoms. The van der Waals surface area contributed by atoms with Gasteiger partial charge in [0.1, 0.15) is 17.5 Å². The van der Waals surface area contributed by atoms with Crippen molar-refractivity contribution >= 4 is 11.6 Å². The predicted octanol–water partition coefficient (Wildman–Crippen LogP) is 4.50. The molecule has 1 aliphatic heterocycles. The molecule has 29 heavy (non-hydrogen) atoms. The van der Waals surface area contributed by atoms with E-state index in [2.05, 4.69) is 34.5 Å². The maximum absolute atomic E-state index is 10.3. The zero-order valence-electron chi connectivity index (χ0n) is 17.6. The Hall–Kier alpha value is -2.14. The maximum atomic E-state index is 10.3. The van der Waals surface area contributed by atoms with Crippen molar-refractivity contribution in [1.29, 1.82) is 0 Å². The molecule has 2 aromatic rings. The number of aromatic nitrogens is 2. The lowest BCUT2D eigenvalue weighted by Gasteiger charge is -2.31. The summed E-state index contributed by atoms with van der Waals surface area (Å²) in [5.41, 5.74) is 2.88. The van der Waals surface area contributed by atoms with Crippen LogP contribution in [0.2, 0.25) is 0 Å². The van der Waals surface area contributed by atoms with E-state index in [1.165, 1.54) is 49.7 Å². The Morgan fingerprint density at radius 3 is 2.55 bits per heavy atom. The summed E-state index contributed by atoms with van der Waals surface area (Å²) in [6.45, 7) is 5.52. The molecule has 2 N–H and O–H groups in total. The Morgan fingerprint density at radius 2 is 1.83 bits per heavy atom. The highest BCUT2D eigenvalue weighted by Crippen LogP contribution is 2.40. The smallest absolute Gasteiger partial charge is 0.136 e. The number of nitrogens with one attached hydrogen (secondary N) is 1. The zero-order valence-corrected chi connectivity index (χ0v) is 17.6. The summed E-state index contributed by atoms with van der Waals surface area (Å²) in [5.74, 6) is 3.63. The first-order chi connectivity index (χ1) is 14.0. The molecule has 1 aromatic carbocycles. The summed E-state index contributed by atoms with van der Waals surface area (Å²) >= 11 is 0. The van der Waals surface area contributed by atoms with Gasteiger partial charge in [0.2, 0.25) is 0 Å². The maximum Gasteiger partial charge on any atom is 0.136 e. The Labute approximate surface area is 173 Å². The molecule has 5 rings (SSSR count). The Kier molecular flexibility index (Phi) is 4.73. The van der Waals surface area contributed by atoms with E-state index in [1.807, 2.05) is 13.8 Å². The topological polar surface area (TPSA) is 61.3 Å². The SMILES string of the molecule is CC(C)(O)c1ccc2c(c1)CCN(c1cc(NC3CCCC3)nc(C3CC3)n1)C2. The van der Waals surface area contributed by atoms with E-state index in [1.54, 1.807) is 0 Å². The number of hydrogen-bond donors (Lipinski definition) is 2. The molecule has 0 amide bonds. The monoisotopic (exact) mass is 392 g/mol. The summed E-state index contributed by atoms with van der Waals surface area (Å²) in [6, 6.07) is 9.13. The van der Waals surface area contributed by atoms with Crippen molar-refractivity contribution in [3.05, 3.63) is 46.8 Å². The van der Waals surface area contributed by atoms with Crippen LogP contribution in [-0.4, -0.2) is 27.7 Å². The number of benzene rings is 1. The molecule has 2 fully saturated rings. The Balaban J connectivity index is 1.39. The second-order valence-electron chi connectivity index (χ2n) is 9.58. The minimum absolute atomic E-state index is 0.547. The second-order valence-corrected chi connectivity index (χ2v) is 9.58. The van der Waals surface area contributed by atoms with Crippen molar-refractivity contribution in [2.75, 3.05) is 16.8 Å². The van der Waals surface area contributed by atoms with Crippen LogP contribution in [0.4, 0.5) is 11.6 Å². The van der Waals surface area contributed by atoms with Gasteiger partial charge in [-0.1, -0.05) is 31.0 Å². The third-order valence-corrected chi connectivity index (χ3v) is 6.63. The average molecular weight is 393 g/mol. The van der Waals surface area contributed by atoms with E-state index in [-0.39, 0.29) is 0 Å². The molecule has 1 aromatic heterocycles. The summed E-state index contributed by atoms with van der Waals surface area (Å²) in [4.78, 5) is 12.2. The fourth-order valence-electron chi connectivity index (χ4n) is 4.62. The summed E-state index contributed by atoms with van der Waals surface area (Å²) < 4.78 is 0. The number of anilines is 2. The van der Waals surface area contributed by atoms with E-state index in [0.29, 0.717) is 12.0 Å². The van der Waals surface area contributed by atoms with E-state index < -0.39 is 5.60 Å². The summed E-state index contributed by atoms with van der Waals surface area (Å²) in [6.07, 6.45) is 8.55. The number of nitrogens with zero attached hydrogens (tertiary/aromatic N) is 3. The van der Waals surface area contributed by atoms with Gasteiger partial charge in [-0.2, -0.15) is 0 Å². The van der Waals surface area contributed by atoms with E-state index in [9.17, 15) is 5.11 Å². The number of fused-ring (bicyclic) bond motifs is 1. The molecular formula is C24H32N4O. The number of aliphatic hydroxyl groups is 1. The van der Waals surface area contributed by atoms with E-state index in [0.717, 1.165) is 42.5 Å². The first kappa shape index (κ1) is 18.9. The largest absolute Gasteiger partial charge is 0.386 e. The van der Waals surface area contributed by atoms with Crippen LogP contribution in [0.5, 0.6) is 0 Å². The van der Waals surface area contributed by atoms with Crippen LogP contribution in [0.25, 0.3) is 0 Å². The van der Waals surface area contributed by atoms with Gasteiger partial charge < -0.3 is 15.3 Å². The van der Waals surface area contributed by atoms with Crippen LogP contribution in [0.3, 0.4) is 0 Å². The minimum Gasteiger partial charge on any atom is -0.386 e. The highest BCUT2D eigenvalue weighted by Gasteiger charge is 2.29. The second kappa shape index (κ2) is 7.28. The van der Waals surface area contributed by atoms with Crippen molar-refractivity contribution in [3.63, 3.8) is 0 Å². The fraction of sp³-hybridized carbons (Fsp3) is 0.583. The standard InChI is InChI=1S/C24H32N4O/c1-24(2,29)19-10-9-18-15-28(12-11-17(18)13-19)22-14-21(25-20-5-3-4-6-20)26-23(27-22)16-7-8-16/h9-10,13-14,16,20,29H,3-8,11-12,15H2,1-2H3,(H,25,26,27). The third kappa shape index (κ3) is 4.11. The molecule has 2 saturated carbocycles. The van der Waals surface area contributed by atoms with Gasteiger partial charge >= 0.3 is 0 Å². The average Bonchev–Trinajstić information content (AvgIpc) is 3.44. The van der Waals surface area contributed by atoms with Gasteiger partial charge in [0.15, 0.2) is 0 Å². The van der Waals surface area contributed by atoms with Gasteiger partial charge in [0.25, 0.3) is 0 Å². The molecule has 5 heteroatoms. The highest BCUT2D eigenvalue weighted by atomic mass is 16.3. The van der Waals surface area contributed by atoms with Gasteiger partial charge in [0, 0.05) is 31.1 Å². The van der Waals surface area contributed by atoms with E-state index in [4.69, 9.17) is 9.97 Å². The minimum atomic E-state index is -0.793. The quantitative estimate of drug-likeness (QED) is 0.785. The van der Waals surface area contributed by atoms with Gasteiger partial charge in [-0.15, -0.1) is 0 Å². The van der Waals surface area contributed by atoms with Crippen molar-refractivity contribution in [2.45, 2.75) is 82.9 Å². The molecule has 0 radical (unpaired) electrons. The summed E-state index contributed by atoms with van der Waals surface area (Å²) in [5, 5.41) is 14.0. The molecule has 2 aliphatic carbocycles.